The van der Waals surface area contributed by atoms with Crippen LogP contribution in [-0.2, 0) is 34.6 Å². The quantitative estimate of drug-likeness (QED) is 0.0473. The first-order chi connectivity index (χ1) is 30.5. The average molecular weight is 898 g/mol. The van der Waals surface area contributed by atoms with Crippen LogP contribution in [-0.4, -0.2) is 102 Å². The molecule has 4 fully saturated rings. The Hall–Kier alpha value is -4.95. The van der Waals surface area contributed by atoms with Gasteiger partial charge in [-0.25, -0.2) is 10.1 Å². The van der Waals surface area contributed by atoms with Gasteiger partial charge < -0.3 is 28.5 Å². The summed E-state index contributed by atoms with van der Waals surface area (Å²) in [6.45, 7) is 5.07. The number of benzene rings is 2. The molecule has 4 aliphatic rings. The summed E-state index contributed by atoms with van der Waals surface area (Å²) in [6.07, 6.45) is 12.2. The Balaban J connectivity index is 0.951. The molecule has 1 saturated carbocycles. The average Bonchev–Trinajstić information content (AvgIpc) is 3.58. The van der Waals surface area contributed by atoms with Crippen molar-refractivity contribution in [3.63, 3.8) is 0 Å². The van der Waals surface area contributed by atoms with E-state index in [2.05, 4.69) is 26.0 Å². The third-order valence-electron chi connectivity index (χ3n) is 12.6. The van der Waals surface area contributed by atoms with Crippen molar-refractivity contribution in [2.75, 3.05) is 33.5 Å². The van der Waals surface area contributed by atoms with Crippen molar-refractivity contribution in [3.05, 3.63) is 89.1 Å². The van der Waals surface area contributed by atoms with Crippen molar-refractivity contribution >= 4 is 58.8 Å². The summed E-state index contributed by atoms with van der Waals surface area (Å²) in [7, 11) is -2.23. The van der Waals surface area contributed by atoms with E-state index in [1.807, 2.05) is 42.3 Å². The summed E-state index contributed by atoms with van der Waals surface area (Å²) in [5, 5.41) is 3.67. The number of esters is 1. The third kappa shape index (κ3) is 10.2. The van der Waals surface area contributed by atoms with Gasteiger partial charge in [-0.1, -0.05) is 31.5 Å². The fraction of sp³-hybridized carbons (Fsp3) is 0.489. The Labute approximate surface area is 372 Å². The molecule has 2 aromatic heterocycles. The van der Waals surface area contributed by atoms with Gasteiger partial charge in [0.05, 0.1) is 30.2 Å². The first-order valence-corrected chi connectivity index (χ1v) is 24.7. The standard InChI is InChI=1S/C47H56N5O9PS/c1-4-20-60-46(56)31(2)50-62(57,61-39-12-6-11-38(25-39)59-22-21-58-3)30-32-13-16-41-35(23-32)24-42(63-41)43(53)49-28-34-8-5-10-37-14-15-40(52(37)44(34)54)45(55)51-29-36(26-47(51)17-18-47)33-9-7-19-48-27-33/h6-7,9,11-13,16,19,23-25,27-28,31,34,36-37,40H,4-5,8,10,14-15,17-18,20-22,26,29-30H2,1-3H3,(H,50,57)/t31-,34?,36-,37-,40-,62?/m0/s1. The van der Waals surface area contributed by atoms with Crippen molar-refractivity contribution in [3.8, 4) is 11.5 Å². The number of likely N-dealkylation sites (tertiary alicyclic amines) is 1. The number of pyridine rings is 1. The number of ether oxygens (including phenoxy) is 3. The van der Waals surface area contributed by atoms with Gasteiger partial charge in [0, 0.05) is 60.5 Å². The number of nitrogens with one attached hydrogen (secondary N) is 1. The number of carbonyl (C=O) groups excluding carboxylic acids is 4. The van der Waals surface area contributed by atoms with Crippen LogP contribution in [0.2, 0.25) is 0 Å². The van der Waals surface area contributed by atoms with E-state index in [1.54, 1.807) is 50.6 Å². The summed E-state index contributed by atoms with van der Waals surface area (Å²) < 4.78 is 37.7. The lowest BCUT2D eigenvalue weighted by Crippen LogP contribution is -2.52. The topological polar surface area (TPSA) is 166 Å². The summed E-state index contributed by atoms with van der Waals surface area (Å²) in [4.78, 5) is 68.0. The zero-order valence-corrected chi connectivity index (χ0v) is 37.8. The number of hydrogen-bond acceptors (Lipinski definition) is 11. The highest BCUT2D eigenvalue weighted by Gasteiger charge is 2.58. The number of carbonyl (C=O) groups is 4. The first-order valence-electron chi connectivity index (χ1n) is 22.1. The fourth-order valence-electron chi connectivity index (χ4n) is 9.35. The van der Waals surface area contributed by atoms with Crippen LogP contribution in [0.25, 0.3) is 10.1 Å². The number of aliphatic imine (C=N–C) groups is 1. The van der Waals surface area contributed by atoms with E-state index in [9.17, 15) is 23.7 Å². The number of amides is 3. The largest absolute Gasteiger partial charge is 0.491 e. The van der Waals surface area contributed by atoms with Gasteiger partial charge >= 0.3 is 13.5 Å². The van der Waals surface area contributed by atoms with E-state index in [-0.39, 0.29) is 42.1 Å². The predicted octanol–water partition coefficient (Wildman–Crippen LogP) is 7.94. The molecule has 1 N–H and O–H groups in total. The smallest absolute Gasteiger partial charge is 0.323 e. The molecule has 16 heteroatoms. The van der Waals surface area contributed by atoms with E-state index in [0.717, 1.165) is 54.2 Å². The second-order valence-corrected chi connectivity index (χ2v) is 20.4. The van der Waals surface area contributed by atoms with E-state index < -0.39 is 37.4 Å². The van der Waals surface area contributed by atoms with E-state index in [0.29, 0.717) is 61.0 Å². The Morgan fingerprint density at radius 2 is 1.87 bits per heavy atom. The molecule has 5 heterocycles. The second kappa shape index (κ2) is 19.4. The summed E-state index contributed by atoms with van der Waals surface area (Å²) in [6, 6.07) is 16.6. The Morgan fingerprint density at radius 1 is 1.03 bits per heavy atom. The molecule has 1 aliphatic carbocycles. The molecule has 8 rings (SSSR count). The predicted molar refractivity (Wildman–Crippen MR) is 241 cm³/mol. The van der Waals surface area contributed by atoms with Crippen molar-refractivity contribution < 1.29 is 42.5 Å². The molecule has 2 unspecified atom stereocenters. The van der Waals surface area contributed by atoms with E-state index >= 15 is 0 Å². The summed E-state index contributed by atoms with van der Waals surface area (Å²) in [5.41, 5.74) is 1.68. The van der Waals surface area contributed by atoms with Crippen molar-refractivity contribution in [1.29, 1.82) is 0 Å². The van der Waals surface area contributed by atoms with E-state index in [4.69, 9.17) is 18.7 Å². The summed E-state index contributed by atoms with van der Waals surface area (Å²) in [5.74, 6) is -0.654. The fourth-order valence-corrected chi connectivity index (χ4v) is 12.3. The van der Waals surface area contributed by atoms with Gasteiger partial charge in [0.25, 0.3) is 5.91 Å². The van der Waals surface area contributed by atoms with Gasteiger partial charge in [-0.15, -0.1) is 11.3 Å². The van der Waals surface area contributed by atoms with Crippen LogP contribution in [0.5, 0.6) is 11.5 Å². The van der Waals surface area contributed by atoms with Crippen molar-refractivity contribution in [2.24, 2.45) is 10.9 Å². The number of aromatic nitrogens is 1. The summed E-state index contributed by atoms with van der Waals surface area (Å²) >= 11 is 1.28. The molecule has 14 nitrogen and oxygen atoms in total. The molecule has 3 aliphatic heterocycles. The zero-order chi connectivity index (χ0) is 44.1. The molecular weight excluding hydrogens is 842 g/mol. The molecule has 0 bridgehead atoms. The molecule has 2 aromatic carbocycles. The minimum atomic E-state index is -3.81. The lowest BCUT2D eigenvalue weighted by atomic mass is 9.97. The maximum absolute atomic E-state index is 14.6. The number of fused-ring (bicyclic) bond motifs is 2. The lowest BCUT2D eigenvalue weighted by Gasteiger charge is -2.34. The van der Waals surface area contributed by atoms with Crippen LogP contribution in [0.1, 0.15) is 98.4 Å². The number of nitrogens with zero attached hydrogens (tertiary/aromatic N) is 4. The first kappa shape index (κ1) is 44.6. The second-order valence-electron chi connectivity index (χ2n) is 17.2. The minimum Gasteiger partial charge on any atom is -0.491 e. The number of hydrogen-bond donors (Lipinski definition) is 1. The molecular formula is C47H56N5O9PS. The maximum Gasteiger partial charge on any atom is 0.323 e. The highest BCUT2D eigenvalue weighted by atomic mass is 32.1. The molecule has 63 heavy (non-hydrogen) atoms. The van der Waals surface area contributed by atoms with Crippen LogP contribution in [0, 0.1) is 5.92 Å². The van der Waals surface area contributed by atoms with Crippen molar-refractivity contribution in [1.82, 2.24) is 19.9 Å². The number of methoxy groups -OCH3 is 1. The molecule has 6 atom stereocenters. The van der Waals surface area contributed by atoms with Gasteiger partial charge in [0.2, 0.25) is 11.8 Å². The molecule has 4 aromatic rings. The van der Waals surface area contributed by atoms with Crippen LogP contribution >= 0.6 is 18.9 Å². The third-order valence-corrected chi connectivity index (χ3v) is 15.8. The normalized spacial score (nSPS) is 23.1. The Kier molecular flexibility index (Phi) is 13.8. The molecule has 3 saturated heterocycles. The highest BCUT2D eigenvalue weighted by Crippen LogP contribution is 2.55. The van der Waals surface area contributed by atoms with Gasteiger partial charge in [0.15, 0.2) is 0 Å². The molecule has 3 amide bonds. The molecule has 334 valence electrons. The lowest BCUT2D eigenvalue weighted by molar-refractivity contribution is -0.147. The SMILES string of the molecule is CCCOC(=O)[C@H](C)NP(=O)(Cc1ccc2sc(C(=O)N=CC3CCC[C@H]4CC[C@@H](C(=O)N5C[C@@H](c6cccnc6)CC56CC6)N4C3=O)cc2c1)Oc1cccc(OCCOC)c1. The highest BCUT2D eigenvalue weighted by molar-refractivity contribution is 7.56. The number of thiophene rings is 1. The maximum atomic E-state index is 14.6. The molecule has 0 radical (unpaired) electrons. The van der Waals surface area contributed by atoms with Crippen LogP contribution in [0.3, 0.4) is 0 Å². The molecule has 1 spiro atoms. The Morgan fingerprint density at radius 3 is 2.65 bits per heavy atom. The minimum absolute atomic E-state index is 0.00323. The monoisotopic (exact) mass is 897 g/mol. The van der Waals surface area contributed by atoms with Gasteiger partial charge in [0.1, 0.15) is 30.2 Å². The van der Waals surface area contributed by atoms with Gasteiger partial charge in [-0.05, 0) is 111 Å². The van der Waals surface area contributed by atoms with Crippen LogP contribution < -0.4 is 14.3 Å². The van der Waals surface area contributed by atoms with Crippen LogP contribution in [0.15, 0.2) is 78.0 Å². The number of rotatable bonds is 17. The van der Waals surface area contributed by atoms with E-state index in [1.165, 1.54) is 17.6 Å². The van der Waals surface area contributed by atoms with Crippen LogP contribution in [0.4, 0.5) is 0 Å². The van der Waals surface area contributed by atoms with Gasteiger partial charge in [-0.3, -0.25) is 28.7 Å². The van der Waals surface area contributed by atoms with Gasteiger partial charge in [-0.2, -0.15) is 0 Å². The zero-order valence-electron chi connectivity index (χ0n) is 36.1. The van der Waals surface area contributed by atoms with Crippen molar-refractivity contribution in [2.45, 2.75) is 107 Å². The Bertz CT molecular complexity index is 2390.